The smallest absolute Gasteiger partial charge is 0.337 e. The summed E-state index contributed by atoms with van der Waals surface area (Å²) in [5.41, 5.74) is 6.40. The Balaban J connectivity index is 3.19. The molecule has 0 saturated heterocycles. The summed E-state index contributed by atoms with van der Waals surface area (Å²) >= 11 is 3.18. The highest BCUT2D eigenvalue weighted by molar-refractivity contribution is 9.09. The lowest BCUT2D eigenvalue weighted by molar-refractivity contribution is -0.146. The maximum atomic E-state index is 11.2. The van der Waals surface area contributed by atoms with Crippen LogP contribution in [-0.4, -0.2) is 22.0 Å². The van der Waals surface area contributed by atoms with E-state index in [0.29, 0.717) is 5.56 Å². The Kier molecular flexibility index (Phi) is 4.25. The SMILES string of the molecule is CC(=O)C(Br)c1ccc(N)c(C(O)C(=O)O)c1. The topological polar surface area (TPSA) is 101 Å². The number of hydrogen-bond donors (Lipinski definition) is 3. The first-order chi connectivity index (χ1) is 7.84. The zero-order chi connectivity index (χ0) is 13.2. The molecule has 0 aromatic heterocycles. The molecule has 0 saturated carbocycles. The van der Waals surface area contributed by atoms with Crippen molar-refractivity contribution in [3.63, 3.8) is 0 Å². The highest BCUT2D eigenvalue weighted by atomic mass is 79.9. The Bertz CT molecular complexity index is 461. The van der Waals surface area contributed by atoms with E-state index in [1.54, 1.807) is 6.07 Å². The Morgan fingerprint density at radius 2 is 2.00 bits per heavy atom. The molecule has 2 atom stereocenters. The van der Waals surface area contributed by atoms with Gasteiger partial charge in [0.15, 0.2) is 6.10 Å². The van der Waals surface area contributed by atoms with Gasteiger partial charge in [0.25, 0.3) is 0 Å². The maximum Gasteiger partial charge on any atom is 0.337 e. The predicted molar refractivity (Wildman–Crippen MR) is 65.8 cm³/mol. The molecule has 5 nitrogen and oxygen atoms in total. The number of carbonyl (C=O) groups is 2. The Hall–Kier alpha value is -1.40. The van der Waals surface area contributed by atoms with Gasteiger partial charge in [-0.15, -0.1) is 0 Å². The average Bonchev–Trinajstić information content (AvgIpc) is 2.27. The van der Waals surface area contributed by atoms with E-state index in [-0.39, 0.29) is 17.0 Å². The van der Waals surface area contributed by atoms with Gasteiger partial charge in [0.2, 0.25) is 0 Å². The summed E-state index contributed by atoms with van der Waals surface area (Å²) in [5.74, 6) is -1.51. The lowest BCUT2D eigenvalue weighted by Crippen LogP contribution is -2.13. The highest BCUT2D eigenvalue weighted by Crippen LogP contribution is 2.29. The minimum Gasteiger partial charge on any atom is -0.479 e. The summed E-state index contributed by atoms with van der Waals surface area (Å²) in [6, 6.07) is 4.48. The van der Waals surface area contributed by atoms with Crippen LogP contribution in [0.25, 0.3) is 0 Å². The van der Waals surface area contributed by atoms with Crippen molar-refractivity contribution in [1.29, 1.82) is 0 Å². The van der Waals surface area contributed by atoms with Gasteiger partial charge in [0.05, 0.1) is 4.83 Å². The molecule has 1 aromatic carbocycles. The van der Waals surface area contributed by atoms with Crippen molar-refractivity contribution < 1.29 is 19.8 Å². The number of aliphatic hydroxyl groups excluding tert-OH is 1. The second-order valence-electron chi connectivity index (χ2n) is 3.60. The van der Waals surface area contributed by atoms with Crippen LogP contribution in [0, 0.1) is 0 Å². The normalized spacial score (nSPS) is 14.1. The molecule has 0 radical (unpaired) electrons. The Morgan fingerprint density at radius 1 is 1.41 bits per heavy atom. The van der Waals surface area contributed by atoms with Crippen LogP contribution < -0.4 is 5.73 Å². The van der Waals surface area contributed by atoms with Crippen molar-refractivity contribution in [3.05, 3.63) is 29.3 Å². The van der Waals surface area contributed by atoms with Crippen LogP contribution in [0.2, 0.25) is 0 Å². The van der Waals surface area contributed by atoms with Gasteiger partial charge < -0.3 is 15.9 Å². The average molecular weight is 302 g/mol. The van der Waals surface area contributed by atoms with Crippen LogP contribution in [0.3, 0.4) is 0 Å². The lowest BCUT2D eigenvalue weighted by Gasteiger charge is -2.13. The molecule has 0 fully saturated rings. The van der Waals surface area contributed by atoms with E-state index >= 15 is 0 Å². The molecule has 0 amide bonds. The van der Waals surface area contributed by atoms with Gasteiger partial charge in [-0.25, -0.2) is 4.79 Å². The van der Waals surface area contributed by atoms with E-state index < -0.39 is 16.9 Å². The van der Waals surface area contributed by atoms with Crippen molar-refractivity contribution >= 4 is 33.4 Å². The van der Waals surface area contributed by atoms with Crippen LogP contribution in [0.1, 0.15) is 29.0 Å². The molecule has 0 bridgehead atoms. The number of carboxylic acid groups (broad SMARTS) is 1. The number of ketones is 1. The summed E-state index contributed by atoms with van der Waals surface area (Å²) < 4.78 is 0. The zero-order valence-corrected chi connectivity index (χ0v) is 10.6. The van der Waals surface area contributed by atoms with Gasteiger partial charge in [0.1, 0.15) is 5.78 Å². The van der Waals surface area contributed by atoms with Crippen LogP contribution in [0.4, 0.5) is 5.69 Å². The number of halogens is 1. The first-order valence-corrected chi connectivity index (χ1v) is 5.71. The van der Waals surface area contributed by atoms with Crippen molar-refractivity contribution in [2.24, 2.45) is 0 Å². The van der Waals surface area contributed by atoms with Gasteiger partial charge >= 0.3 is 5.97 Å². The van der Waals surface area contributed by atoms with Gasteiger partial charge in [0, 0.05) is 11.3 Å². The molecule has 0 aliphatic heterocycles. The van der Waals surface area contributed by atoms with E-state index in [0.717, 1.165) is 0 Å². The molecular weight excluding hydrogens is 290 g/mol. The Labute approximate surface area is 106 Å². The number of benzene rings is 1. The number of aliphatic carboxylic acids is 1. The van der Waals surface area contributed by atoms with Gasteiger partial charge in [-0.05, 0) is 24.6 Å². The van der Waals surface area contributed by atoms with Crippen molar-refractivity contribution in [1.82, 2.24) is 0 Å². The van der Waals surface area contributed by atoms with Gasteiger partial charge in [-0.2, -0.15) is 0 Å². The fourth-order valence-corrected chi connectivity index (χ4v) is 1.64. The zero-order valence-electron chi connectivity index (χ0n) is 9.05. The number of nitrogens with two attached hydrogens (primary N) is 1. The number of Topliss-reactive ketones (excluding diaryl/α,β-unsaturated/α-hetero) is 1. The number of rotatable bonds is 4. The molecule has 6 heteroatoms. The summed E-state index contributed by atoms with van der Waals surface area (Å²) in [7, 11) is 0. The van der Waals surface area contributed by atoms with Crippen LogP contribution in [-0.2, 0) is 9.59 Å². The molecule has 17 heavy (non-hydrogen) atoms. The van der Waals surface area contributed by atoms with Crippen molar-refractivity contribution in [2.75, 3.05) is 5.73 Å². The number of aliphatic hydroxyl groups is 1. The van der Waals surface area contributed by atoms with Gasteiger partial charge in [-0.1, -0.05) is 22.0 Å². The van der Waals surface area contributed by atoms with Crippen LogP contribution in [0.15, 0.2) is 18.2 Å². The van der Waals surface area contributed by atoms with Crippen molar-refractivity contribution in [3.8, 4) is 0 Å². The molecule has 0 aliphatic carbocycles. The molecule has 2 unspecified atom stereocenters. The monoisotopic (exact) mass is 301 g/mol. The van der Waals surface area contributed by atoms with E-state index in [2.05, 4.69) is 15.9 Å². The first-order valence-electron chi connectivity index (χ1n) is 4.79. The molecule has 0 aliphatic rings. The van der Waals surface area contributed by atoms with E-state index in [9.17, 15) is 14.7 Å². The number of carbonyl (C=O) groups excluding carboxylic acids is 1. The molecule has 0 spiro atoms. The highest BCUT2D eigenvalue weighted by Gasteiger charge is 2.21. The fraction of sp³-hybridized carbons (Fsp3) is 0.273. The minimum atomic E-state index is -1.69. The first kappa shape index (κ1) is 13.7. The summed E-state index contributed by atoms with van der Waals surface area (Å²) in [6.45, 7) is 1.41. The molecular formula is C11H12BrNO4. The van der Waals surface area contributed by atoms with Crippen LogP contribution in [0.5, 0.6) is 0 Å². The fourth-order valence-electron chi connectivity index (χ4n) is 1.36. The molecule has 1 rings (SSSR count). The third-order valence-corrected chi connectivity index (χ3v) is 3.46. The molecule has 1 aromatic rings. The summed E-state index contributed by atoms with van der Waals surface area (Å²) in [6.07, 6.45) is -1.69. The molecule has 92 valence electrons. The Morgan fingerprint density at radius 3 is 2.47 bits per heavy atom. The molecule has 0 heterocycles. The van der Waals surface area contributed by atoms with Gasteiger partial charge in [-0.3, -0.25) is 4.79 Å². The number of hydrogen-bond acceptors (Lipinski definition) is 4. The number of anilines is 1. The van der Waals surface area contributed by atoms with E-state index in [1.165, 1.54) is 19.1 Å². The third-order valence-electron chi connectivity index (χ3n) is 2.29. The van der Waals surface area contributed by atoms with E-state index in [4.69, 9.17) is 10.8 Å². The number of nitrogen functional groups attached to an aromatic ring is 1. The second kappa shape index (κ2) is 5.29. The second-order valence-corrected chi connectivity index (χ2v) is 4.52. The minimum absolute atomic E-state index is 0.0840. The number of carboxylic acids is 1. The predicted octanol–water partition coefficient (Wildman–Crippen LogP) is 1.41. The van der Waals surface area contributed by atoms with Crippen LogP contribution >= 0.6 is 15.9 Å². The van der Waals surface area contributed by atoms with E-state index in [1.807, 2.05) is 0 Å². The number of alkyl halides is 1. The third kappa shape index (κ3) is 3.04. The molecule has 4 N–H and O–H groups in total. The quantitative estimate of drug-likeness (QED) is 0.577. The largest absolute Gasteiger partial charge is 0.479 e. The summed E-state index contributed by atoms with van der Waals surface area (Å²) in [5, 5.41) is 18.2. The summed E-state index contributed by atoms with van der Waals surface area (Å²) in [4.78, 5) is 21.3. The standard InChI is InChI=1S/C11H12BrNO4/c1-5(14)9(12)6-2-3-8(13)7(4-6)10(15)11(16)17/h2-4,9-10,15H,13H2,1H3,(H,16,17). The maximum absolute atomic E-state index is 11.2. The lowest BCUT2D eigenvalue weighted by atomic mass is 10.0. The van der Waals surface area contributed by atoms with Crippen molar-refractivity contribution in [2.45, 2.75) is 17.9 Å².